The van der Waals surface area contributed by atoms with Crippen molar-refractivity contribution in [3.8, 4) is 0 Å². The van der Waals surface area contributed by atoms with Crippen LogP contribution in [0.15, 0.2) is 24.3 Å². The van der Waals surface area contributed by atoms with Crippen LogP contribution in [0.2, 0.25) is 0 Å². The molecule has 5 rings (SSSR count). The van der Waals surface area contributed by atoms with Crippen LogP contribution in [0.25, 0.3) is 0 Å². The molecule has 3 N–H and O–H groups in total. The number of amides is 3. The number of benzene rings is 1. The first-order valence-electron chi connectivity index (χ1n) is 10.3. The first kappa shape index (κ1) is 19.0. The van der Waals surface area contributed by atoms with Gasteiger partial charge in [0, 0.05) is 12.0 Å². The molecule has 6 heteroatoms. The van der Waals surface area contributed by atoms with Gasteiger partial charge in [-0.1, -0.05) is 18.2 Å². The summed E-state index contributed by atoms with van der Waals surface area (Å²) in [5, 5.41) is 2.73. The maximum absolute atomic E-state index is 12.5. The molecule has 6 nitrogen and oxygen atoms in total. The van der Waals surface area contributed by atoms with Crippen molar-refractivity contribution in [2.24, 2.45) is 23.2 Å². The van der Waals surface area contributed by atoms with Crippen molar-refractivity contribution >= 4 is 17.7 Å². The lowest BCUT2D eigenvalue weighted by Gasteiger charge is -2.56. The lowest BCUT2D eigenvalue weighted by Crippen LogP contribution is -2.49. The highest BCUT2D eigenvalue weighted by Gasteiger charge is 2.51. The fourth-order valence-electron chi connectivity index (χ4n) is 6.15. The number of hydrogen-bond donors (Lipinski definition) is 3. The van der Waals surface area contributed by atoms with Crippen LogP contribution in [0, 0.1) is 30.1 Å². The Hall–Kier alpha value is -2.37. The van der Waals surface area contributed by atoms with Crippen LogP contribution in [0.3, 0.4) is 0 Å². The van der Waals surface area contributed by atoms with Crippen molar-refractivity contribution < 1.29 is 14.4 Å². The summed E-state index contributed by atoms with van der Waals surface area (Å²) in [7, 11) is 0. The molecular weight excluding hydrogens is 354 g/mol. The highest BCUT2D eigenvalue weighted by Crippen LogP contribution is 2.61. The Morgan fingerprint density at radius 3 is 2.14 bits per heavy atom. The molecule has 4 saturated carbocycles. The molecule has 150 valence electrons. The molecule has 0 atom stereocenters. The minimum atomic E-state index is -0.430. The number of hydrogen-bond acceptors (Lipinski definition) is 3. The Balaban J connectivity index is 1.21. The largest absolute Gasteiger partial charge is 0.347 e. The van der Waals surface area contributed by atoms with Crippen LogP contribution in [-0.2, 0) is 9.59 Å². The lowest BCUT2D eigenvalue weighted by molar-refractivity contribution is -0.132. The SMILES string of the molecule is Cc1ccccc1C(=O)NNC(=O)CNC(=O)CC12CC3CC(CC(C3)C1)C2. The van der Waals surface area contributed by atoms with Gasteiger partial charge in [0.2, 0.25) is 5.91 Å². The second-order valence-corrected chi connectivity index (χ2v) is 9.19. The molecule has 0 heterocycles. The Morgan fingerprint density at radius 1 is 0.929 bits per heavy atom. The zero-order chi connectivity index (χ0) is 19.7. The molecule has 0 saturated heterocycles. The van der Waals surface area contributed by atoms with Gasteiger partial charge in [-0.05, 0) is 80.2 Å². The Kier molecular flexibility index (Phi) is 5.13. The third-order valence-corrected chi connectivity index (χ3v) is 6.85. The standard InChI is InChI=1S/C22H29N3O3/c1-14-4-2-3-5-18(14)21(28)25-24-20(27)13-23-19(26)12-22-9-15-6-16(10-22)8-17(7-15)11-22/h2-5,15-17H,6-13H2,1H3,(H,23,26)(H,24,27)(H,25,28). The van der Waals surface area contributed by atoms with E-state index in [0.717, 1.165) is 23.3 Å². The summed E-state index contributed by atoms with van der Waals surface area (Å²) in [6.45, 7) is 1.71. The smallest absolute Gasteiger partial charge is 0.269 e. The van der Waals surface area contributed by atoms with E-state index in [-0.39, 0.29) is 23.8 Å². The highest BCUT2D eigenvalue weighted by molar-refractivity contribution is 5.97. The summed E-state index contributed by atoms with van der Waals surface area (Å²) < 4.78 is 0. The van der Waals surface area contributed by atoms with Gasteiger partial charge in [0.25, 0.3) is 11.8 Å². The van der Waals surface area contributed by atoms with Crippen LogP contribution in [0.1, 0.15) is 60.9 Å². The molecule has 4 bridgehead atoms. The van der Waals surface area contributed by atoms with E-state index in [9.17, 15) is 14.4 Å². The molecular formula is C22H29N3O3. The van der Waals surface area contributed by atoms with Gasteiger partial charge in [-0.3, -0.25) is 25.2 Å². The van der Waals surface area contributed by atoms with E-state index in [4.69, 9.17) is 0 Å². The molecule has 1 aromatic rings. The number of rotatable bonds is 5. The molecule has 3 amide bonds. The van der Waals surface area contributed by atoms with Crippen molar-refractivity contribution in [1.29, 1.82) is 0 Å². The van der Waals surface area contributed by atoms with Crippen molar-refractivity contribution in [2.75, 3.05) is 6.54 Å². The number of carbonyl (C=O) groups excluding carboxylic acids is 3. The first-order chi connectivity index (χ1) is 13.4. The molecule has 4 aliphatic carbocycles. The summed E-state index contributed by atoms with van der Waals surface area (Å²) in [6, 6.07) is 7.16. The number of hydrazine groups is 1. The van der Waals surface area contributed by atoms with E-state index in [2.05, 4.69) is 16.2 Å². The summed E-state index contributed by atoms with van der Waals surface area (Å²) in [4.78, 5) is 36.6. The van der Waals surface area contributed by atoms with Gasteiger partial charge < -0.3 is 5.32 Å². The zero-order valence-electron chi connectivity index (χ0n) is 16.4. The van der Waals surface area contributed by atoms with E-state index in [1.165, 1.54) is 38.5 Å². The quantitative estimate of drug-likeness (QED) is 0.683. The van der Waals surface area contributed by atoms with E-state index in [1.54, 1.807) is 12.1 Å². The highest BCUT2D eigenvalue weighted by atomic mass is 16.2. The predicted octanol–water partition coefficient (Wildman–Crippen LogP) is 2.48. The maximum Gasteiger partial charge on any atom is 0.269 e. The van der Waals surface area contributed by atoms with Gasteiger partial charge in [-0.25, -0.2) is 0 Å². The van der Waals surface area contributed by atoms with Crippen molar-refractivity contribution in [3.05, 3.63) is 35.4 Å². The minimum absolute atomic E-state index is 0.0534. The summed E-state index contributed by atoms with van der Waals surface area (Å²) in [5.41, 5.74) is 6.27. The molecule has 0 spiro atoms. The molecule has 28 heavy (non-hydrogen) atoms. The number of carbonyl (C=O) groups is 3. The normalized spacial score (nSPS) is 30.0. The van der Waals surface area contributed by atoms with Crippen LogP contribution >= 0.6 is 0 Å². The van der Waals surface area contributed by atoms with Crippen LogP contribution in [0.5, 0.6) is 0 Å². The molecule has 0 unspecified atom stereocenters. The first-order valence-corrected chi connectivity index (χ1v) is 10.3. The average Bonchev–Trinajstić information content (AvgIpc) is 2.63. The number of nitrogens with one attached hydrogen (secondary N) is 3. The zero-order valence-corrected chi connectivity index (χ0v) is 16.4. The van der Waals surface area contributed by atoms with Crippen LogP contribution in [-0.4, -0.2) is 24.3 Å². The van der Waals surface area contributed by atoms with Gasteiger partial charge in [0.05, 0.1) is 6.54 Å². The minimum Gasteiger partial charge on any atom is -0.347 e. The Morgan fingerprint density at radius 2 is 1.54 bits per heavy atom. The average molecular weight is 383 g/mol. The topological polar surface area (TPSA) is 87.3 Å². The summed E-state index contributed by atoms with van der Waals surface area (Å²) in [5.74, 6) is 1.56. The molecule has 0 aliphatic heterocycles. The van der Waals surface area contributed by atoms with Crippen molar-refractivity contribution in [2.45, 2.75) is 51.9 Å². The summed E-state index contributed by atoms with van der Waals surface area (Å²) >= 11 is 0. The maximum atomic E-state index is 12.5. The molecule has 0 radical (unpaired) electrons. The van der Waals surface area contributed by atoms with E-state index >= 15 is 0 Å². The monoisotopic (exact) mass is 383 g/mol. The van der Waals surface area contributed by atoms with E-state index in [0.29, 0.717) is 12.0 Å². The summed E-state index contributed by atoms with van der Waals surface area (Å²) in [6.07, 6.45) is 8.10. The second-order valence-electron chi connectivity index (χ2n) is 9.19. The van der Waals surface area contributed by atoms with Crippen LogP contribution < -0.4 is 16.2 Å². The van der Waals surface area contributed by atoms with Gasteiger partial charge in [0.1, 0.15) is 0 Å². The molecule has 0 aromatic heterocycles. The van der Waals surface area contributed by atoms with Gasteiger partial charge >= 0.3 is 0 Å². The van der Waals surface area contributed by atoms with Crippen molar-refractivity contribution in [3.63, 3.8) is 0 Å². The van der Waals surface area contributed by atoms with Gasteiger partial charge in [-0.2, -0.15) is 0 Å². The fraction of sp³-hybridized carbons (Fsp3) is 0.591. The predicted molar refractivity (Wildman–Crippen MR) is 105 cm³/mol. The second kappa shape index (κ2) is 7.57. The fourth-order valence-corrected chi connectivity index (χ4v) is 6.15. The third-order valence-electron chi connectivity index (χ3n) is 6.85. The van der Waals surface area contributed by atoms with E-state index in [1.807, 2.05) is 19.1 Å². The molecule has 1 aromatic carbocycles. The molecule has 4 aliphatic rings. The van der Waals surface area contributed by atoms with Crippen LogP contribution in [0.4, 0.5) is 0 Å². The van der Waals surface area contributed by atoms with Gasteiger partial charge in [-0.15, -0.1) is 0 Å². The van der Waals surface area contributed by atoms with Gasteiger partial charge in [0.15, 0.2) is 0 Å². The van der Waals surface area contributed by atoms with E-state index < -0.39 is 5.91 Å². The Bertz CT molecular complexity index is 754. The third kappa shape index (κ3) is 4.05. The number of aryl methyl sites for hydroxylation is 1. The lowest BCUT2D eigenvalue weighted by atomic mass is 9.49. The Labute approximate surface area is 165 Å². The molecule has 4 fully saturated rings. The van der Waals surface area contributed by atoms with Crippen molar-refractivity contribution in [1.82, 2.24) is 16.2 Å².